The maximum absolute atomic E-state index is 13.3. The average Bonchev–Trinajstić information content (AvgIpc) is 3.41. The van der Waals surface area contributed by atoms with Gasteiger partial charge in [0.1, 0.15) is 4.70 Å². The monoisotopic (exact) mass is 442 g/mol. The summed E-state index contributed by atoms with van der Waals surface area (Å²) in [5, 5.41) is 17.4. The van der Waals surface area contributed by atoms with Crippen molar-refractivity contribution in [3.05, 3.63) is 35.5 Å². The summed E-state index contributed by atoms with van der Waals surface area (Å²) in [6.45, 7) is 6.46. The van der Waals surface area contributed by atoms with Crippen LogP contribution in [0.4, 0.5) is 10.8 Å². The summed E-state index contributed by atoms with van der Waals surface area (Å²) in [6.07, 6.45) is 1.63. The summed E-state index contributed by atoms with van der Waals surface area (Å²) in [7, 11) is 0. The summed E-state index contributed by atoms with van der Waals surface area (Å²) in [4.78, 5) is 32.1. The first-order valence-electron chi connectivity index (χ1n) is 10.2. The molecule has 0 unspecified atom stereocenters. The van der Waals surface area contributed by atoms with Crippen LogP contribution in [-0.2, 0) is 5.54 Å². The number of rotatable bonds is 4. The normalized spacial score (nSPS) is 16.8. The fraction of sp³-hybridized carbons (Fsp3) is 0.429. The van der Waals surface area contributed by atoms with Gasteiger partial charge in [-0.05, 0) is 57.9 Å². The minimum atomic E-state index is -0.412. The van der Waals surface area contributed by atoms with Crippen LogP contribution in [0, 0.1) is 0 Å². The molecule has 0 spiro atoms. The Hall–Kier alpha value is -2.98. The van der Waals surface area contributed by atoms with E-state index in [1.807, 2.05) is 20.8 Å². The molecule has 1 aliphatic rings. The highest BCUT2D eigenvalue weighted by atomic mass is 32.1. The molecule has 164 valence electrons. The number of aromatic nitrogens is 3. The van der Waals surface area contributed by atoms with Crippen molar-refractivity contribution < 1.29 is 14.7 Å². The van der Waals surface area contributed by atoms with Gasteiger partial charge in [-0.25, -0.2) is 4.68 Å². The molecule has 1 fully saturated rings. The lowest BCUT2D eigenvalue weighted by Gasteiger charge is -2.22. The van der Waals surface area contributed by atoms with E-state index < -0.39 is 5.54 Å². The van der Waals surface area contributed by atoms with Crippen molar-refractivity contribution >= 4 is 44.3 Å². The largest absolute Gasteiger partial charge is 0.399 e. The Morgan fingerprint density at radius 2 is 2.00 bits per heavy atom. The van der Waals surface area contributed by atoms with Gasteiger partial charge in [0.2, 0.25) is 0 Å². The SMILES string of the molecule is CC(C)(C)n1nc(C(=O)N2CCC[C@H]2CO)c2sc(NC(=O)c3ccc(N)cc3)nc21. The molecule has 1 atom stereocenters. The number of nitrogen functional groups attached to an aromatic ring is 1. The number of amides is 2. The van der Waals surface area contributed by atoms with Crippen LogP contribution < -0.4 is 11.1 Å². The van der Waals surface area contributed by atoms with Crippen LogP contribution in [0.15, 0.2) is 24.3 Å². The Bertz CT molecular complexity index is 1130. The van der Waals surface area contributed by atoms with Crippen molar-refractivity contribution in [3.63, 3.8) is 0 Å². The highest BCUT2D eigenvalue weighted by Crippen LogP contribution is 2.34. The lowest BCUT2D eigenvalue weighted by molar-refractivity contribution is 0.0672. The Morgan fingerprint density at radius 3 is 2.65 bits per heavy atom. The van der Waals surface area contributed by atoms with E-state index in [9.17, 15) is 14.7 Å². The topological polar surface area (TPSA) is 126 Å². The molecule has 0 bridgehead atoms. The number of nitrogens with zero attached hydrogens (tertiary/aromatic N) is 4. The molecule has 0 radical (unpaired) electrons. The zero-order chi connectivity index (χ0) is 22.3. The number of likely N-dealkylation sites (tertiary alicyclic amines) is 1. The van der Waals surface area contributed by atoms with E-state index in [0.29, 0.717) is 39.0 Å². The number of nitrogens with two attached hydrogens (primary N) is 1. The first kappa shape index (κ1) is 21.3. The lowest BCUT2D eigenvalue weighted by atomic mass is 10.1. The smallest absolute Gasteiger partial charge is 0.276 e. The quantitative estimate of drug-likeness (QED) is 0.533. The third kappa shape index (κ3) is 4.00. The molecule has 1 aromatic carbocycles. The third-order valence-corrected chi connectivity index (χ3v) is 6.27. The molecule has 1 aliphatic heterocycles. The van der Waals surface area contributed by atoms with Gasteiger partial charge in [-0.3, -0.25) is 14.9 Å². The number of anilines is 2. The predicted octanol–water partition coefficient (Wildman–Crippen LogP) is 2.68. The fourth-order valence-corrected chi connectivity index (χ4v) is 4.61. The van der Waals surface area contributed by atoms with E-state index in [0.717, 1.165) is 12.8 Å². The molecule has 9 nitrogen and oxygen atoms in total. The second kappa shape index (κ2) is 7.93. The van der Waals surface area contributed by atoms with Crippen LogP contribution in [-0.4, -0.2) is 55.8 Å². The zero-order valence-electron chi connectivity index (χ0n) is 17.8. The standard InChI is InChI=1S/C21H26N6O3S/c1-21(2,3)27-17-16(15(25-27)19(30)26-10-4-5-14(26)11-28)31-20(23-17)24-18(29)12-6-8-13(22)9-7-12/h6-9,14,28H,4-5,10-11,22H2,1-3H3,(H,23,24,29)/t14-/m0/s1. The van der Waals surface area contributed by atoms with E-state index in [1.54, 1.807) is 33.8 Å². The number of hydrogen-bond acceptors (Lipinski definition) is 7. The van der Waals surface area contributed by atoms with Crippen molar-refractivity contribution in [3.8, 4) is 0 Å². The summed E-state index contributed by atoms with van der Waals surface area (Å²) >= 11 is 1.22. The molecule has 31 heavy (non-hydrogen) atoms. The Kier molecular flexibility index (Phi) is 5.44. The van der Waals surface area contributed by atoms with Crippen molar-refractivity contribution in [2.45, 2.75) is 45.2 Å². The van der Waals surface area contributed by atoms with E-state index in [4.69, 9.17) is 5.73 Å². The van der Waals surface area contributed by atoms with Crippen LogP contribution in [0.5, 0.6) is 0 Å². The highest BCUT2D eigenvalue weighted by molar-refractivity contribution is 7.22. The van der Waals surface area contributed by atoms with Crippen LogP contribution >= 0.6 is 11.3 Å². The second-order valence-corrected chi connectivity index (χ2v) is 9.66. The molecule has 10 heteroatoms. The van der Waals surface area contributed by atoms with Crippen molar-refractivity contribution in [1.82, 2.24) is 19.7 Å². The number of aliphatic hydroxyl groups excluding tert-OH is 1. The summed E-state index contributed by atoms with van der Waals surface area (Å²) in [5.74, 6) is -0.524. The second-order valence-electron chi connectivity index (χ2n) is 8.66. The van der Waals surface area contributed by atoms with Gasteiger partial charge >= 0.3 is 0 Å². The van der Waals surface area contributed by atoms with Gasteiger partial charge in [0.15, 0.2) is 16.5 Å². The number of nitrogens with one attached hydrogen (secondary N) is 1. The highest BCUT2D eigenvalue weighted by Gasteiger charge is 2.34. The zero-order valence-corrected chi connectivity index (χ0v) is 18.6. The molecule has 4 N–H and O–H groups in total. The van der Waals surface area contributed by atoms with Gasteiger partial charge in [0.05, 0.1) is 18.2 Å². The molecular weight excluding hydrogens is 416 g/mol. The summed E-state index contributed by atoms with van der Waals surface area (Å²) < 4.78 is 2.34. The van der Waals surface area contributed by atoms with Crippen LogP contribution in [0.2, 0.25) is 0 Å². The molecule has 3 heterocycles. The van der Waals surface area contributed by atoms with Crippen molar-refractivity contribution in [1.29, 1.82) is 0 Å². The first-order chi connectivity index (χ1) is 14.7. The molecule has 0 saturated carbocycles. The van der Waals surface area contributed by atoms with Gasteiger partial charge in [0, 0.05) is 17.8 Å². The molecule has 2 aromatic heterocycles. The van der Waals surface area contributed by atoms with Gasteiger partial charge in [-0.2, -0.15) is 10.1 Å². The number of carbonyl (C=O) groups is 2. The molecular formula is C21H26N6O3S. The van der Waals surface area contributed by atoms with E-state index >= 15 is 0 Å². The van der Waals surface area contributed by atoms with Crippen LogP contribution in [0.1, 0.15) is 54.5 Å². The fourth-order valence-electron chi connectivity index (χ4n) is 3.70. The van der Waals surface area contributed by atoms with Gasteiger partial charge in [0.25, 0.3) is 11.8 Å². The van der Waals surface area contributed by atoms with E-state index in [-0.39, 0.29) is 24.5 Å². The Labute approximate surface area is 183 Å². The molecule has 1 saturated heterocycles. The van der Waals surface area contributed by atoms with Gasteiger partial charge in [-0.15, -0.1) is 0 Å². The maximum Gasteiger partial charge on any atom is 0.276 e. The summed E-state index contributed by atoms with van der Waals surface area (Å²) in [5.41, 5.74) is 7.17. The first-order valence-corrected chi connectivity index (χ1v) is 11.0. The number of benzene rings is 1. The van der Waals surface area contributed by atoms with E-state index in [1.165, 1.54) is 11.3 Å². The summed E-state index contributed by atoms with van der Waals surface area (Å²) in [6, 6.07) is 6.42. The third-order valence-electron chi connectivity index (χ3n) is 5.31. The van der Waals surface area contributed by atoms with Crippen LogP contribution in [0.25, 0.3) is 10.3 Å². The van der Waals surface area contributed by atoms with Crippen molar-refractivity contribution in [2.75, 3.05) is 24.2 Å². The maximum atomic E-state index is 13.3. The van der Waals surface area contributed by atoms with Gasteiger partial charge in [-0.1, -0.05) is 11.3 Å². The van der Waals surface area contributed by atoms with Crippen LogP contribution in [0.3, 0.4) is 0 Å². The average molecular weight is 443 g/mol. The number of fused-ring (bicyclic) bond motifs is 1. The molecule has 0 aliphatic carbocycles. The number of hydrogen-bond donors (Lipinski definition) is 3. The number of carbonyl (C=O) groups excluding carboxylic acids is 2. The lowest BCUT2D eigenvalue weighted by Crippen LogP contribution is -2.38. The van der Waals surface area contributed by atoms with E-state index in [2.05, 4.69) is 15.4 Å². The number of aliphatic hydroxyl groups is 1. The number of thiazole rings is 1. The Balaban J connectivity index is 1.71. The molecule has 2 amide bonds. The van der Waals surface area contributed by atoms with Gasteiger partial charge < -0.3 is 15.7 Å². The predicted molar refractivity (Wildman–Crippen MR) is 120 cm³/mol. The minimum Gasteiger partial charge on any atom is -0.399 e. The molecule has 4 rings (SSSR count). The molecule has 3 aromatic rings. The Morgan fingerprint density at radius 1 is 1.29 bits per heavy atom. The van der Waals surface area contributed by atoms with Crippen molar-refractivity contribution in [2.24, 2.45) is 0 Å². The minimum absolute atomic E-state index is 0.0690.